The molecule has 1 aliphatic heterocycles. The van der Waals surface area contributed by atoms with E-state index in [1.54, 1.807) is 0 Å². The molecule has 1 heterocycles. The highest BCUT2D eigenvalue weighted by Crippen LogP contribution is 2.21. The minimum Gasteiger partial charge on any atom is -0.372 e. The van der Waals surface area contributed by atoms with Crippen molar-refractivity contribution in [1.29, 1.82) is 0 Å². The Morgan fingerprint density at radius 3 is 2.57 bits per heavy atom. The maximum absolute atomic E-state index is 12.0. The summed E-state index contributed by atoms with van der Waals surface area (Å²) in [4.78, 5) is 2.37. The fourth-order valence-corrected chi connectivity index (χ4v) is 2.75. The summed E-state index contributed by atoms with van der Waals surface area (Å²) >= 11 is 0. The number of nitrogens with zero attached hydrogens (tertiary/aromatic N) is 1. The van der Waals surface area contributed by atoms with Gasteiger partial charge < -0.3 is 10.1 Å². The quantitative estimate of drug-likeness (QED) is 0.732. The predicted octanol–water partition coefficient (Wildman–Crippen LogP) is 3.05. The summed E-state index contributed by atoms with van der Waals surface area (Å²) in [6.45, 7) is 10.4. The van der Waals surface area contributed by atoms with Gasteiger partial charge in [-0.25, -0.2) is 0 Å². The second kappa shape index (κ2) is 7.79. The third-order valence-corrected chi connectivity index (χ3v) is 3.86. The zero-order valence-corrected chi connectivity index (χ0v) is 13.6. The fourth-order valence-electron chi connectivity index (χ4n) is 2.75. The Labute approximate surface area is 126 Å². The minimum absolute atomic E-state index is 0.0392. The number of ether oxygens (including phenoxy) is 1. The number of hydrogen-bond donors (Lipinski definition) is 1. The summed E-state index contributed by atoms with van der Waals surface area (Å²) < 4.78 is 40.7. The molecule has 1 unspecified atom stereocenters. The first-order valence-corrected chi connectivity index (χ1v) is 7.73. The van der Waals surface area contributed by atoms with Gasteiger partial charge in [0.1, 0.15) is 6.61 Å². The van der Waals surface area contributed by atoms with Crippen LogP contribution < -0.4 is 5.32 Å². The third-order valence-electron chi connectivity index (χ3n) is 3.86. The molecule has 0 radical (unpaired) electrons. The Balaban J connectivity index is 2.32. The van der Waals surface area contributed by atoms with E-state index in [0.29, 0.717) is 18.4 Å². The van der Waals surface area contributed by atoms with Gasteiger partial charge in [-0.3, -0.25) is 4.90 Å². The van der Waals surface area contributed by atoms with Gasteiger partial charge in [0.05, 0.1) is 0 Å². The lowest BCUT2D eigenvalue weighted by molar-refractivity contribution is -0.174. The summed E-state index contributed by atoms with van der Waals surface area (Å²) in [5.41, 5.74) is 0.0392. The first-order valence-electron chi connectivity index (χ1n) is 7.73. The molecule has 1 saturated heterocycles. The molecule has 0 saturated carbocycles. The molecular formula is C15H29F3N2O. The maximum atomic E-state index is 12.0. The van der Waals surface area contributed by atoms with Crippen molar-refractivity contribution in [1.82, 2.24) is 10.2 Å². The van der Waals surface area contributed by atoms with Crippen molar-refractivity contribution < 1.29 is 17.9 Å². The second-order valence-corrected chi connectivity index (χ2v) is 6.99. The predicted molar refractivity (Wildman–Crippen MR) is 78.4 cm³/mol. The van der Waals surface area contributed by atoms with Crippen LogP contribution in [0.4, 0.5) is 13.2 Å². The standard InChI is InChI=1S/C15H29F3N2O/c1-12(2)8-13-9-20(14(3,4)10-19-13)6-5-7-21-11-15(16,17)18/h12-13,19H,5-11H2,1-4H3. The van der Waals surface area contributed by atoms with E-state index < -0.39 is 12.8 Å². The molecule has 126 valence electrons. The van der Waals surface area contributed by atoms with Crippen LogP contribution in [-0.4, -0.2) is 55.5 Å². The first kappa shape index (κ1) is 18.7. The highest BCUT2D eigenvalue weighted by molar-refractivity contribution is 4.92. The molecule has 1 fully saturated rings. The molecule has 0 aromatic carbocycles. The molecule has 21 heavy (non-hydrogen) atoms. The molecule has 0 amide bonds. The van der Waals surface area contributed by atoms with Crippen molar-refractivity contribution >= 4 is 0 Å². The number of nitrogens with one attached hydrogen (secondary N) is 1. The van der Waals surface area contributed by atoms with Crippen molar-refractivity contribution in [2.24, 2.45) is 5.92 Å². The molecule has 1 atom stereocenters. The Kier molecular flexibility index (Phi) is 6.94. The van der Waals surface area contributed by atoms with Crippen molar-refractivity contribution in [3.05, 3.63) is 0 Å². The molecule has 0 spiro atoms. The molecule has 3 nitrogen and oxygen atoms in total. The molecule has 1 rings (SSSR count). The molecule has 6 heteroatoms. The molecule has 1 aliphatic rings. The zero-order valence-electron chi connectivity index (χ0n) is 13.6. The summed E-state index contributed by atoms with van der Waals surface area (Å²) in [5, 5.41) is 3.57. The third kappa shape index (κ3) is 7.47. The van der Waals surface area contributed by atoms with Crippen molar-refractivity contribution in [2.75, 3.05) is 32.8 Å². The topological polar surface area (TPSA) is 24.5 Å². The molecule has 0 bridgehead atoms. The average molecular weight is 310 g/mol. The summed E-state index contributed by atoms with van der Waals surface area (Å²) in [7, 11) is 0. The van der Waals surface area contributed by atoms with Gasteiger partial charge in [-0.1, -0.05) is 13.8 Å². The van der Waals surface area contributed by atoms with Gasteiger partial charge in [-0.05, 0) is 32.6 Å². The second-order valence-electron chi connectivity index (χ2n) is 6.99. The lowest BCUT2D eigenvalue weighted by Crippen LogP contribution is -2.62. The maximum Gasteiger partial charge on any atom is 0.411 e. The van der Waals surface area contributed by atoms with Gasteiger partial charge in [-0.2, -0.15) is 13.2 Å². The summed E-state index contributed by atoms with van der Waals surface area (Å²) in [5.74, 6) is 0.640. The van der Waals surface area contributed by atoms with Crippen LogP contribution in [0.2, 0.25) is 0 Å². The van der Waals surface area contributed by atoms with Crippen LogP contribution in [0.5, 0.6) is 0 Å². The van der Waals surface area contributed by atoms with E-state index in [4.69, 9.17) is 0 Å². The average Bonchev–Trinajstić information content (AvgIpc) is 2.30. The molecule has 0 aromatic rings. The lowest BCUT2D eigenvalue weighted by atomic mass is 9.93. The van der Waals surface area contributed by atoms with E-state index in [1.165, 1.54) is 0 Å². The first-order chi connectivity index (χ1) is 9.60. The highest BCUT2D eigenvalue weighted by Gasteiger charge is 2.33. The Bertz CT molecular complexity index is 306. The van der Waals surface area contributed by atoms with Crippen LogP contribution in [0, 0.1) is 5.92 Å². The van der Waals surface area contributed by atoms with E-state index >= 15 is 0 Å². The number of piperazine rings is 1. The van der Waals surface area contributed by atoms with Gasteiger partial charge in [-0.15, -0.1) is 0 Å². The Hall–Kier alpha value is -0.330. The van der Waals surface area contributed by atoms with Crippen molar-refractivity contribution in [3.8, 4) is 0 Å². The SMILES string of the molecule is CC(C)CC1CN(CCCOCC(F)(F)F)C(C)(C)CN1. The van der Waals surface area contributed by atoms with Crippen LogP contribution in [0.25, 0.3) is 0 Å². The van der Waals surface area contributed by atoms with Gasteiger partial charge in [0.15, 0.2) is 0 Å². The number of alkyl halides is 3. The normalized spacial score (nSPS) is 23.7. The fraction of sp³-hybridized carbons (Fsp3) is 1.00. The summed E-state index contributed by atoms with van der Waals surface area (Å²) in [6, 6.07) is 0.467. The highest BCUT2D eigenvalue weighted by atomic mass is 19.4. The number of halogens is 3. The Morgan fingerprint density at radius 1 is 1.33 bits per heavy atom. The molecule has 1 N–H and O–H groups in total. The van der Waals surface area contributed by atoms with Crippen LogP contribution in [0.15, 0.2) is 0 Å². The van der Waals surface area contributed by atoms with Gasteiger partial charge in [0.25, 0.3) is 0 Å². The monoisotopic (exact) mass is 310 g/mol. The van der Waals surface area contributed by atoms with Gasteiger partial charge in [0.2, 0.25) is 0 Å². The lowest BCUT2D eigenvalue weighted by Gasteiger charge is -2.46. The largest absolute Gasteiger partial charge is 0.411 e. The summed E-state index contributed by atoms with van der Waals surface area (Å²) in [6.07, 6.45) is -2.47. The number of rotatable bonds is 7. The van der Waals surface area contributed by atoms with E-state index in [-0.39, 0.29) is 12.1 Å². The van der Waals surface area contributed by atoms with Crippen LogP contribution in [-0.2, 0) is 4.74 Å². The number of hydrogen-bond acceptors (Lipinski definition) is 3. The molecule has 0 aliphatic carbocycles. The van der Waals surface area contributed by atoms with Gasteiger partial charge in [0, 0.05) is 37.8 Å². The van der Waals surface area contributed by atoms with Crippen LogP contribution in [0.1, 0.15) is 40.5 Å². The van der Waals surface area contributed by atoms with Crippen molar-refractivity contribution in [2.45, 2.75) is 58.3 Å². The van der Waals surface area contributed by atoms with Crippen LogP contribution in [0.3, 0.4) is 0 Å². The smallest absolute Gasteiger partial charge is 0.372 e. The molecular weight excluding hydrogens is 281 g/mol. The van der Waals surface area contributed by atoms with Crippen molar-refractivity contribution in [3.63, 3.8) is 0 Å². The Morgan fingerprint density at radius 2 is 2.00 bits per heavy atom. The minimum atomic E-state index is -4.23. The van der Waals surface area contributed by atoms with E-state index in [0.717, 1.165) is 26.1 Å². The van der Waals surface area contributed by atoms with Gasteiger partial charge >= 0.3 is 6.18 Å². The van der Waals surface area contributed by atoms with Crippen LogP contribution >= 0.6 is 0 Å². The van der Waals surface area contributed by atoms with E-state index in [1.807, 2.05) is 0 Å². The molecule has 0 aromatic heterocycles. The van der Waals surface area contributed by atoms with E-state index in [9.17, 15) is 13.2 Å². The van der Waals surface area contributed by atoms with E-state index in [2.05, 4.69) is 42.6 Å². The zero-order chi connectivity index (χ0) is 16.1.